The molecule has 1 fully saturated rings. The van der Waals surface area contributed by atoms with Crippen LogP contribution in [0.4, 0.5) is 0 Å². The Labute approximate surface area is 133 Å². The van der Waals surface area contributed by atoms with Gasteiger partial charge in [0.05, 0.1) is 13.0 Å². The molecule has 0 heterocycles. The van der Waals surface area contributed by atoms with Crippen LogP contribution >= 0.6 is 28.3 Å². The largest absolute Gasteiger partial charge is 0.497 e. The van der Waals surface area contributed by atoms with Crippen LogP contribution in [-0.4, -0.2) is 18.2 Å². The number of benzene rings is 1. The second-order valence-electron chi connectivity index (χ2n) is 5.41. The Morgan fingerprint density at radius 1 is 1.35 bits per heavy atom. The smallest absolute Gasteiger partial charge is 0.307 e. The predicted octanol–water partition coefficient (Wildman–Crippen LogP) is 4.21. The van der Waals surface area contributed by atoms with Crippen LogP contribution < -0.4 is 4.74 Å². The first kappa shape index (κ1) is 17.1. The fourth-order valence-corrected chi connectivity index (χ4v) is 3.01. The highest BCUT2D eigenvalue weighted by Gasteiger charge is 2.60. The summed E-state index contributed by atoms with van der Waals surface area (Å²) in [5, 5.41) is 9.15. The van der Waals surface area contributed by atoms with Gasteiger partial charge >= 0.3 is 5.97 Å². The van der Waals surface area contributed by atoms with Gasteiger partial charge in [-0.25, -0.2) is 0 Å². The van der Waals surface area contributed by atoms with Crippen molar-refractivity contribution in [1.29, 1.82) is 0 Å². The van der Waals surface area contributed by atoms with Crippen molar-refractivity contribution in [3.63, 3.8) is 0 Å². The molecule has 1 aromatic rings. The van der Waals surface area contributed by atoms with Crippen molar-refractivity contribution < 1.29 is 14.6 Å². The Kier molecular flexibility index (Phi) is 5.27. The fourth-order valence-electron chi connectivity index (χ4n) is 2.46. The second-order valence-corrected chi connectivity index (χ2v) is 6.26. The van der Waals surface area contributed by atoms with Crippen LogP contribution in [0.3, 0.4) is 0 Å². The lowest BCUT2D eigenvalue weighted by Crippen LogP contribution is -2.02. The van der Waals surface area contributed by atoms with Crippen LogP contribution in [0.1, 0.15) is 19.4 Å². The molecule has 1 saturated carbocycles. The summed E-state index contributed by atoms with van der Waals surface area (Å²) in [4.78, 5) is 11.1. The molecule has 1 aliphatic rings. The lowest BCUT2D eigenvalue weighted by Gasteiger charge is -2.03. The Hall–Kier alpha value is -1.00. The number of hydrogen-bond acceptors (Lipinski definition) is 2. The molecule has 5 heteroatoms. The maximum atomic E-state index is 11.1. The molecule has 1 N–H and O–H groups in total. The number of hydrogen-bond donors (Lipinski definition) is 1. The van der Waals surface area contributed by atoms with E-state index in [0.717, 1.165) is 15.8 Å². The standard InChI is InChI=1S/C15H17BrO3.ClH/c1-15(2)11(13(15)14(17)18)8-12(16)9-4-6-10(19-3)7-5-9;/h4-8,11,13H,1-3H3,(H,17,18);1H. The van der Waals surface area contributed by atoms with Gasteiger partial charge in [0, 0.05) is 4.48 Å². The van der Waals surface area contributed by atoms with E-state index in [1.54, 1.807) is 7.11 Å². The van der Waals surface area contributed by atoms with Crippen LogP contribution in [0.15, 0.2) is 30.3 Å². The Bertz CT molecular complexity index is 522. The first-order valence-corrected chi connectivity index (χ1v) is 6.91. The molecule has 2 unspecified atom stereocenters. The Morgan fingerprint density at radius 2 is 1.90 bits per heavy atom. The SMILES string of the molecule is COc1ccc(C(Br)=CC2C(C(=O)O)C2(C)C)cc1.Cl. The molecule has 0 bridgehead atoms. The molecule has 110 valence electrons. The number of halogens is 2. The zero-order valence-corrected chi connectivity index (χ0v) is 14.0. The van der Waals surface area contributed by atoms with Gasteiger partial charge in [-0.3, -0.25) is 4.79 Å². The summed E-state index contributed by atoms with van der Waals surface area (Å²) in [5.74, 6) is -0.139. The van der Waals surface area contributed by atoms with E-state index < -0.39 is 5.97 Å². The topological polar surface area (TPSA) is 46.5 Å². The average Bonchev–Trinajstić information content (AvgIpc) is 2.91. The third-order valence-corrected chi connectivity index (χ3v) is 4.59. The highest BCUT2D eigenvalue weighted by atomic mass is 79.9. The van der Waals surface area contributed by atoms with Crippen LogP contribution in [0, 0.1) is 17.3 Å². The van der Waals surface area contributed by atoms with E-state index >= 15 is 0 Å². The highest BCUT2D eigenvalue weighted by molar-refractivity contribution is 9.15. The monoisotopic (exact) mass is 360 g/mol. The highest BCUT2D eigenvalue weighted by Crippen LogP contribution is 2.60. The molecular formula is C15H18BrClO3. The van der Waals surface area contributed by atoms with Gasteiger partial charge in [-0.1, -0.05) is 48.0 Å². The molecule has 1 aliphatic carbocycles. The van der Waals surface area contributed by atoms with E-state index in [-0.39, 0.29) is 29.7 Å². The van der Waals surface area contributed by atoms with Crippen molar-refractivity contribution in [2.75, 3.05) is 7.11 Å². The molecule has 0 radical (unpaired) electrons. The van der Waals surface area contributed by atoms with Gasteiger partial charge < -0.3 is 9.84 Å². The zero-order valence-electron chi connectivity index (χ0n) is 11.6. The van der Waals surface area contributed by atoms with Crippen LogP contribution in [-0.2, 0) is 4.79 Å². The summed E-state index contributed by atoms with van der Waals surface area (Å²) in [5.41, 5.74) is 0.852. The van der Waals surface area contributed by atoms with E-state index in [9.17, 15) is 4.79 Å². The number of rotatable bonds is 4. The maximum absolute atomic E-state index is 11.1. The molecule has 2 atom stereocenters. The number of ether oxygens (including phenoxy) is 1. The van der Waals surface area contributed by atoms with Crippen LogP contribution in [0.2, 0.25) is 0 Å². The summed E-state index contributed by atoms with van der Waals surface area (Å²) in [6, 6.07) is 7.67. The van der Waals surface area contributed by atoms with Crippen molar-refractivity contribution in [3.8, 4) is 5.75 Å². The number of carboxylic acids is 1. The van der Waals surface area contributed by atoms with E-state index in [2.05, 4.69) is 15.9 Å². The normalized spacial score (nSPS) is 23.7. The van der Waals surface area contributed by atoms with Gasteiger partial charge in [0.1, 0.15) is 5.75 Å². The maximum Gasteiger partial charge on any atom is 0.307 e. The van der Waals surface area contributed by atoms with Crippen molar-refractivity contribution in [2.24, 2.45) is 17.3 Å². The van der Waals surface area contributed by atoms with E-state index in [4.69, 9.17) is 9.84 Å². The number of aliphatic carboxylic acids is 1. The molecule has 0 aliphatic heterocycles. The molecule has 0 saturated heterocycles. The summed E-state index contributed by atoms with van der Waals surface area (Å²) in [6.45, 7) is 3.97. The van der Waals surface area contributed by atoms with Gasteiger partial charge in [-0.05, 0) is 29.0 Å². The Balaban J connectivity index is 0.00000200. The lowest BCUT2D eigenvalue weighted by molar-refractivity contribution is -0.139. The summed E-state index contributed by atoms with van der Waals surface area (Å²) < 4.78 is 6.04. The van der Waals surface area contributed by atoms with E-state index in [0.29, 0.717) is 0 Å². The summed E-state index contributed by atoms with van der Waals surface area (Å²) in [7, 11) is 1.63. The minimum absolute atomic E-state index is 0. The molecule has 1 aromatic carbocycles. The molecule has 2 rings (SSSR count). The number of methoxy groups -OCH3 is 1. The minimum Gasteiger partial charge on any atom is -0.497 e. The van der Waals surface area contributed by atoms with Gasteiger partial charge in [-0.2, -0.15) is 0 Å². The molecule has 3 nitrogen and oxygen atoms in total. The fraction of sp³-hybridized carbons (Fsp3) is 0.400. The third kappa shape index (κ3) is 3.18. The van der Waals surface area contributed by atoms with E-state index in [1.807, 2.05) is 44.2 Å². The van der Waals surface area contributed by atoms with Gasteiger partial charge in [0.15, 0.2) is 0 Å². The van der Waals surface area contributed by atoms with Crippen molar-refractivity contribution >= 4 is 38.8 Å². The first-order valence-electron chi connectivity index (χ1n) is 6.12. The number of carboxylic acid groups (broad SMARTS) is 1. The Morgan fingerprint density at radius 3 is 2.30 bits per heavy atom. The molecular weight excluding hydrogens is 344 g/mol. The molecule has 20 heavy (non-hydrogen) atoms. The quantitative estimate of drug-likeness (QED) is 0.874. The molecule has 0 aromatic heterocycles. The van der Waals surface area contributed by atoms with Crippen molar-refractivity contribution in [3.05, 3.63) is 35.9 Å². The minimum atomic E-state index is -0.721. The third-order valence-electron chi connectivity index (χ3n) is 3.87. The second kappa shape index (κ2) is 6.19. The molecule has 0 spiro atoms. The first-order chi connectivity index (χ1) is 8.87. The lowest BCUT2D eigenvalue weighted by atomic mass is 10.1. The summed E-state index contributed by atoms with van der Waals surface area (Å²) >= 11 is 3.53. The number of allylic oxidation sites excluding steroid dienone is 1. The van der Waals surface area contributed by atoms with Crippen LogP contribution in [0.25, 0.3) is 4.48 Å². The van der Waals surface area contributed by atoms with Crippen molar-refractivity contribution in [2.45, 2.75) is 13.8 Å². The zero-order chi connectivity index (χ0) is 14.2. The van der Waals surface area contributed by atoms with Crippen molar-refractivity contribution in [1.82, 2.24) is 0 Å². The molecule has 0 amide bonds. The summed E-state index contributed by atoms with van der Waals surface area (Å²) in [6.07, 6.45) is 2.00. The van der Waals surface area contributed by atoms with Crippen LogP contribution in [0.5, 0.6) is 5.75 Å². The van der Waals surface area contributed by atoms with Gasteiger partial charge in [-0.15, -0.1) is 12.4 Å². The van der Waals surface area contributed by atoms with Gasteiger partial charge in [0.25, 0.3) is 0 Å². The van der Waals surface area contributed by atoms with E-state index in [1.165, 1.54) is 0 Å². The average molecular weight is 362 g/mol. The number of carbonyl (C=O) groups is 1. The predicted molar refractivity (Wildman–Crippen MR) is 85.5 cm³/mol. The van der Waals surface area contributed by atoms with Gasteiger partial charge in [0.2, 0.25) is 0 Å².